The predicted molar refractivity (Wildman–Crippen MR) is 126 cm³/mol. The molecule has 0 spiro atoms. The predicted octanol–water partition coefficient (Wildman–Crippen LogP) is 2.18. The molecule has 8 nitrogen and oxygen atoms in total. The van der Waals surface area contributed by atoms with E-state index in [1.165, 1.54) is 17.0 Å². The van der Waals surface area contributed by atoms with Gasteiger partial charge in [0.25, 0.3) is 0 Å². The zero-order chi connectivity index (χ0) is 21.1. The molecule has 0 aliphatic heterocycles. The molecule has 2 aromatic rings. The van der Waals surface area contributed by atoms with Crippen LogP contribution in [-0.2, 0) is 16.1 Å². The monoisotopic (exact) mass is 532 g/mol. The van der Waals surface area contributed by atoms with Crippen molar-refractivity contribution in [2.75, 3.05) is 40.4 Å². The minimum Gasteiger partial charge on any atom is -0.382 e. The molecule has 0 aliphatic carbocycles. The SMILES string of the molecule is CCOCCCNC(=NCc1ccn(-c2ccc(F)cc2)n1)NCC(=O)N(C)C.I. The summed E-state index contributed by atoms with van der Waals surface area (Å²) in [6.45, 7) is 4.47. The molecule has 166 valence electrons. The number of carbonyl (C=O) groups excluding carboxylic acids is 1. The number of halogens is 2. The summed E-state index contributed by atoms with van der Waals surface area (Å²) in [5.41, 5.74) is 1.52. The highest BCUT2D eigenvalue weighted by molar-refractivity contribution is 14.0. The second-order valence-corrected chi connectivity index (χ2v) is 6.51. The summed E-state index contributed by atoms with van der Waals surface area (Å²) < 4.78 is 20.1. The fraction of sp³-hybridized carbons (Fsp3) is 0.450. The highest BCUT2D eigenvalue weighted by Gasteiger charge is 2.07. The van der Waals surface area contributed by atoms with E-state index in [-0.39, 0.29) is 42.2 Å². The van der Waals surface area contributed by atoms with Crippen LogP contribution in [0, 0.1) is 5.82 Å². The van der Waals surface area contributed by atoms with Crippen LogP contribution >= 0.6 is 24.0 Å². The van der Waals surface area contributed by atoms with E-state index >= 15 is 0 Å². The van der Waals surface area contributed by atoms with Crippen LogP contribution in [0.4, 0.5) is 4.39 Å². The Morgan fingerprint density at radius 3 is 2.63 bits per heavy atom. The van der Waals surface area contributed by atoms with Crippen LogP contribution in [0.15, 0.2) is 41.5 Å². The molecule has 10 heteroatoms. The van der Waals surface area contributed by atoms with Gasteiger partial charge in [0, 0.05) is 40.1 Å². The number of carbonyl (C=O) groups is 1. The number of nitrogens with one attached hydrogen (secondary N) is 2. The first-order valence-electron chi connectivity index (χ1n) is 9.60. The molecule has 1 amide bonds. The Kier molecular flexibility index (Phi) is 12.0. The Bertz CT molecular complexity index is 795. The summed E-state index contributed by atoms with van der Waals surface area (Å²) in [7, 11) is 3.41. The molecule has 0 atom stereocenters. The van der Waals surface area contributed by atoms with E-state index in [1.807, 2.05) is 13.0 Å². The number of rotatable bonds is 10. The topological polar surface area (TPSA) is 83.8 Å². The van der Waals surface area contributed by atoms with Crippen LogP contribution in [0.25, 0.3) is 5.69 Å². The maximum absolute atomic E-state index is 13.1. The first-order valence-corrected chi connectivity index (χ1v) is 9.60. The van der Waals surface area contributed by atoms with Crippen molar-refractivity contribution < 1.29 is 13.9 Å². The molecule has 0 saturated heterocycles. The number of amides is 1. The number of likely N-dealkylation sites (N-methyl/N-ethyl adjacent to an activating group) is 1. The molecule has 0 fully saturated rings. The Labute approximate surface area is 193 Å². The van der Waals surface area contributed by atoms with Gasteiger partial charge < -0.3 is 20.3 Å². The highest BCUT2D eigenvalue weighted by atomic mass is 127. The fourth-order valence-electron chi connectivity index (χ4n) is 2.36. The van der Waals surface area contributed by atoms with Crippen LogP contribution < -0.4 is 10.6 Å². The van der Waals surface area contributed by atoms with Crippen LogP contribution in [0.2, 0.25) is 0 Å². The first-order chi connectivity index (χ1) is 14.0. The van der Waals surface area contributed by atoms with Crippen LogP contribution in [0.5, 0.6) is 0 Å². The quantitative estimate of drug-likeness (QED) is 0.212. The Balaban J connectivity index is 0.00000450. The largest absolute Gasteiger partial charge is 0.382 e. The second kappa shape index (κ2) is 13.9. The van der Waals surface area contributed by atoms with E-state index in [4.69, 9.17) is 4.74 Å². The number of hydrogen-bond acceptors (Lipinski definition) is 4. The molecule has 30 heavy (non-hydrogen) atoms. The van der Waals surface area contributed by atoms with Gasteiger partial charge in [-0.1, -0.05) is 0 Å². The lowest BCUT2D eigenvalue weighted by Crippen LogP contribution is -2.43. The van der Waals surface area contributed by atoms with Crippen molar-refractivity contribution >= 4 is 35.8 Å². The maximum Gasteiger partial charge on any atom is 0.241 e. The van der Waals surface area contributed by atoms with Crippen molar-refractivity contribution in [3.05, 3.63) is 48.0 Å². The number of guanidine groups is 1. The highest BCUT2D eigenvalue weighted by Crippen LogP contribution is 2.09. The van der Waals surface area contributed by atoms with E-state index in [9.17, 15) is 9.18 Å². The van der Waals surface area contributed by atoms with Gasteiger partial charge in [0.05, 0.1) is 24.5 Å². The lowest BCUT2D eigenvalue weighted by atomic mass is 10.3. The van der Waals surface area contributed by atoms with E-state index in [0.717, 1.165) is 17.8 Å². The summed E-state index contributed by atoms with van der Waals surface area (Å²) in [4.78, 5) is 17.9. The summed E-state index contributed by atoms with van der Waals surface area (Å²) in [5.74, 6) is 0.201. The Morgan fingerprint density at radius 2 is 1.97 bits per heavy atom. The Morgan fingerprint density at radius 1 is 1.23 bits per heavy atom. The molecular weight excluding hydrogens is 502 g/mol. The molecule has 2 N–H and O–H groups in total. The van der Waals surface area contributed by atoms with Gasteiger partial charge >= 0.3 is 0 Å². The molecule has 2 rings (SSSR count). The third-order valence-corrected chi connectivity index (χ3v) is 4.00. The summed E-state index contributed by atoms with van der Waals surface area (Å²) in [5, 5.41) is 10.7. The van der Waals surface area contributed by atoms with E-state index in [1.54, 1.807) is 37.1 Å². The van der Waals surface area contributed by atoms with E-state index in [2.05, 4.69) is 20.7 Å². The molecule has 0 bridgehead atoms. The van der Waals surface area contributed by atoms with Gasteiger partial charge in [-0.15, -0.1) is 24.0 Å². The minimum absolute atomic E-state index is 0. The lowest BCUT2D eigenvalue weighted by Gasteiger charge is -2.14. The molecule has 1 aromatic carbocycles. The number of aromatic nitrogens is 2. The van der Waals surface area contributed by atoms with Crippen molar-refractivity contribution in [2.45, 2.75) is 19.9 Å². The van der Waals surface area contributed by atoms with Crippen molar-refractivity contribution in [2.24, 2.45) is 4.99 Å². The molecular formula is C20H30FIN6O2. The Hall–Kier alpha value is -2.21. The number of aliphatic imine (C=N–C) groups is 1. The van der Waals surface area contributed by atoms with Crippen molar-refractivity contribution in [1.29, 1.82) is 0 Å². The standard InChI is InChI=1S/C20H29FN6O2.HI/c1-4-29-13-5-11-22-20(24-15-19(28)26(2)3)23-14-17-10-12-27(25-17)18-8-6-16(21)7-9-18;/h6-10,12H,4-5,11,13-15H2,1-3H3,(H2,22,23,24);1H. The third kappa shape index (κ3) is 9.08. The number of ether oxygens (including phenoxy) is 1. The second-order valence-electron chi connectivity index (χ2n) is 6.51. The van der Waals surface area contributed by atoms with Crippen molar-refractivity contribution in [1.82, 2.24) is 25.3 Å². The van der Waals surface area contributed by atoms with Crippen LogP contribution in [0.1, 0.15) is 19.0 Å². The molecule has 0 radical (unpaired) electrons. The van der Waals surface area contributed by atoms with Gasteiger partial charge in [-0.05, 0) is 43.7 Å². The molecule has 0 aliphatic rings. The average molecular weight is 532 g/mol. The van der Waals surface area contributed by atoms with Crippen molar-refractivity contribution in [3.8, 4) is 5.69 Å². The number of nitrogens with zero attached hydrogens (tertiary/aromatic N) is 4. The number of hydrogen-bond donors (Lipinski definition) is 2. The van der Waals surface area contributed by atoms with Gasteiger partial charge in [0.2, 0.25) is 5.91 Å². The third-order valence-electron chi connectivity index (χ3n) is 4.00. The molecule has 1 aromatic heterocycles. The minimum atomic E-state index is -0.288. The average Bonchev–Trinajstić information content (AvgIpc) is 3.18. The van der Waals surface area contributed by atoms with E-state index in [0.29, 0.717) is 32.3 Å². The fourth-order valence-corrected chi connectivity index (χ4v) is 2.36. The van der Waals surface area contributed by atoms with Gasteiger partial charge in [-0.3, -0.25) is 4.79 Å². The van der Waals surface area contributed by atoms with Gasteiger partial charge in [-0.25, -0.2) is 14.1 Å². The first kappa shape index (κ1) is 25.8. The normalized spacial score (nSPS) is 11.0. The zero-order valence-electron chi connectivity index (χ0n) is 17.6. The zero-order valence-corrected chi connectivity index (χ0v) is 19.9. The van der Waals surface area contributed by atoms with Crippen molar-refractivity contribution in [3.63, 3.8) is 0 Å². The smallest absolute Gasteiger partial charge is 0.241 e. The molecule has 1 heterocycles. The summed E-state index contributed by atoms with van der Waals surface area (Å²) in [6.07, 6.45) is 2.63. The van der Waals surface area contributed by atoms with Gasteiger partial charge in [-0.2, -0.15) is 5.10 Å². The summed E-state index contributed by atoms with van der Waals surface area (Å²) in [6, 6.07) is 7.96. The van der Waals surface area contributed by atoms with Gasteiger partial charge in [0.1, 0.15) is 5.82 Å². The van der Waals surface area contributed by atoms with E-state index < -0.39 is 0 Å². The number of benzene rings is 1. The van der Waals surface area contributed by atoms with Crippen LogP contribution in [-0.4, -0.2) is 66.9 Å². The molecule has 0 unspecified atom stereocenters. The maximum atomic E-state index is 13.1. The van der Waals surface area contributed by atoms with Crippen LogP contribution in [0.3, 0.4) is 0 Å². The lowest BCUT2D eigenvalue weighted by molar-refractivity contribution is -0.127. The molecule has 0 saturated carbocycles. The van der Waals surface area contributed by atoms with Gasteiger partial charge in [0.15, 0.2) is 5.96 Å². The summed E-state index contributed by atoms with van der Waals surface area (Å²) >= 11 is 0.